The Morgan fingerprint density at radius 2 is 0.660 bits per heavy atom. The van der Waals surface area contributed by atoms with Crippen LogP contribution in [0.3, 0.4) is 0 Å². The quantitative estimate of drug-likeness (QED) is 0.155. The molecule has 0 spiro atoms. The number of benzene rings is 9. The second kappa shape index (κ2) is 14.3. The molecule has 0 aliphatic heterocycles. The van der Waals surface area contributed by atoms with E-state index in [1.807, 2.05) is 0 Å². The summed E-state index contributed by atoms with van der Waals surface area (Å²) in [5, 5.41) is 2.51. The molecule has 0 saturated heterocycles. The van der Waals surface area contributed by atoms with Crippen LogP contribution in [-0.4, -0.2) is 0 Å². The van der Waals surface area contributed by atoms with Crippen LogP contribution in [0.4, 0.5) is 17.1 Å². The summed E-state index contributed by atoms with van der Waals surface area (Å²) in [5.41, 5.74) is 15.2. The van der Waals surface area contributed by atoms with Crippen LogP contribution in [0.5, 0.6) is 0 Å². The molecular weight excluding hydrogens is 639 g/mol. The Labute approximate surface area is 311 Å². The fourth-order valence-electron chi connectivity index (χ4n) is 7.38. The van der Waals surface area contributed by atoms with Gasteiger partial charge in [-0.2, -0.15) is 0 Å². The summed E-state index contributed by atoms with van der Waals surface area (Å²) in [6.45, 7) is 0. The number of hydrogen-bond acceptors (Lipinski definition) is 1. The zero-order chi connectivity index (χ0) is 35.4. The third-order valence-corrected chi connectivity index (χ3v) is 10.0. The molecule has 0 aliphatic carbocycles. The van der Waals surface area contributed by atoms with Crippen molar-refractivity contribution in [1.82, 2.24) is 0 Å². The van der Waals surface area contributed by atoms with Crippen LogP contribution in [0, 0.1) is 0 Å². The van der Waals surface area contributed by atoms with Crippen LogP contribution in [0.2, 0.25) is 0 Å². The molecule has 0 atom stereocenters. The van der Waals surface area contributed by atoms with E-state index in [0.717, 1.165) is 22.6 Å². The van der Waals surface area contributed by atoms with E-state index < -0.39 is 0 Å². The van der Waals surface area contributed by atoms with Gasteiger partial charge in [0.05, 0.1) is 0 Å². The van der Waals surface area contributed by atoms with E-state index in [4.69, 9.17) is 0 Å². The van der Waals surface area contributed by atoms with Gasteiger partial charge in [-0.05, 0) is 115 Å². The van der Waals surface area contributed by atoms with Crippen LogP contribution in [-0.2, 0) is 0 Å². The van der Waals surface area contributed by atoms with Gasteiger partial charge in [0, 0.05) is 17.1 Å². The van der Waals surface area contributed by atoms with Gasteiger partial charge < -0.3 is 4.90 Å². The zero-order valence-corrected chi connectivity index (χ0v) is 29.3. The molecule has 0 radical (unpaired) electrons. The summed E-state index contributed by atoms with van der Waals surface area (Å²) in [6, 6.07) is 80.9. The summed E-state index contributed by atoms with van der Waals surface area (Å²) < 4.78 is 0. The van der Waals surface area contributed by atoms with E-state index in [-0.39, 0.29) is 0 Å². The molecule has 0 heterocycles. The molecule has 9 rings (SSSR count). The molecule has 53 heavy (non-hydrogen) atoms. The third kappa shape index (κ3) is 6.65. The average Bonchev–Trinajstić information content (AvgIpc) is 3.25. The minimum Gasteiger partial charge on any atom is -0.310 e. The first-order valence-electron chi connectivity index (χ1n) is 18.2. The van der Waals surface area contributed by atoms with Crippen molar-refractivity contribution in [1.29, 1.82) is 0 Å². The Hall–Kier alpha value is -6.96. The Morgan fingerprint density at radius 3 is 1.32 bits per heavy atom. The first kappa shape index (κ1) is 32.0. The van der Waals surface area contributed by atoms with Crippen molar-refractivity contribution >= 4 is 27.8 Å². The molecular formula is C52H37N. The highest BCUT2D eigenvalue weighted by molar-refractivity contribution is 5.97. The largest absolute Gasteiger partial charge is 0.310 e. The molecule has 0 saturated carbocycles. The van der Waals surface area contributed by atoms with Gasteiger partial charge in [-0.15, -0.1) is 0 Å². The maximum atomic E-state index is 2.39. The molecule has 9 aromatic rings. The van der Waals surface area contributed by atoms with Crippen LogP contribution in [0.25, 0.3) is 66.4 Å². The molecule has 0 fully saturated rings. The lowest BCUT2D eigenvalue weighted by Gasteiger charge is -2.27. The van der Waals surface area contributed by atoms with E-state index in [0.29, 0.717) is 0 Å². The molecule has 9 aromatic carbocycles. The maximum absolute atomic E-state index is 2.39. The van der Waals surface area contributed by atoms with E-state index in [9.17, 15) is 0 Å². The van der Waals surface area contributed by atoms with Gasteiger partial charge in [-0.1, -0.05) is 176 Å². The predicted molar refractivity (Wildman–Crippen MR) is 226 cm³/mol. The van der Waals surface area contributed by atoms with Crippen LogP contribution in [0.1, 0.15) is 0 Å². The van der Waals surface area contributed by atoms with E-state index in [1.165, 1.54) is 60.8 Å². The van der Waals surface area contributed by atoms with E-state index in [1.54, 1.807) is 0 Å². The molecule has 0 aromatic heterocycles. The molecule has 0 bridgehead atoms. The summed E-state index contributed by atoms with van der Waals surface area (Å²) in [5.74, 6) is 0. The topological polar surface area (TPSA) is 3.24 Å². The minimum atomic E-state index is 1.09. The lowest BCUT2D eigenvalue weighted by atomic mass is 9.95. The zero-order valence-electron chi connectivity index (χ0n) is 29.3. The highest BCUT2D eigenvalue weighted by Gasteiger charge is 2.17. The summed E-state index contributed by atoms with van der Waals surface area (Å²) >= 11 is 0. The Balaban J connectivity index is 1.20. The van der Waals surface area contributed by atoms with Crippen molar-refractivity contribution in [2.45, 2.75) is 0 Å². The summed E-state index contributed by atoms with van der Waals surface area (Å²) in [6.07, 6.45) is 0. The third-order valence-electron chi connectivity index (χ3n) is 10.0. The van der Waals surface area contributed by atoms with Crippen molar-refractivity contribution in [3.63, 3.8) is 0 Å². The number of anilines is 3. The predicted octanol–water partition coefficient (Wildman–Crippen LogP) is 14.6. The molecule has 1 heteroatoms. The molecule has 0 unspecified atom stereocenters. The van der Waals surface area contributed by atoms with Crippen molar-refractivity contribution < 1.29 is 0 Å². The molecule has 250 valence electrons. The highest BCUT2D eigenvalue weighted by atomic mass is 15.1. The van der Waals surface area contributed by atoms with Gasteiger partial charge >= 0.3 is 0 Å². The smallest absolute Gasteiger partial charge is 0.0473 e. The number of fused-ring (bicyclic) bond motifs is 1. The molecule has 0 aliphatic rings. The lowest BCUT2D eigenvalue weighted by molar-refractivity contribution is 1.28. The number of nitrogens with zero attached hydrogens (tertiary/aromatic N) is 1. The second-order valence-corrected chi connectivity index (χ2v) is 13.4. The second-order valence-electron chi connectivity index (χ2n) is 13.4. The van der Waals surface area contributed by atoms with E-state index >= 15 is 0 Å². The van der Waals surface area contributed by atoms with Crippen LogP contribution >= 0.6 is 0 Å². The van der Waals surface area contributed by atoms with Crippen molar-refractivity contribution in [2.24, 2.45) is 0 Å². The number of rotatable bonds is 8. The Morgan fingerprint density at radius 1 is 0.226 bits per heavy atom. The molecule has 1 nitrogen and oxygen atoms in total. The fraction of sp³-hybridized carbons (Fsp3) is 0. The van der Waals surface area contributed by atoms with Crippen molar-refractivity contribution in [2.75, 3.05) is 4.90 Å². The molecule has 0 N–H and O–H groups in total. The van der Waals surface area contributed by atoms with E-state index in [2.05, 4.69) is 229 Å². The lowest BCUT2D eigenvalue weighted by Crippen LogP contribution is -2.10. The minimum absolute atomic E-state index is 1.09. The molecule has 0 amide bonds. The first-order chi connectivity index (χ1) is 26.3. The van der Waals surface area contributed by atoms with Gasteiger partial charge in [0.15, 0.2) is 0 Å². The van der Waals surface area contributed by atoms with Gasteiger partial charge in [0.1, 0.15) is 0 Å². The van der Waals surface area contributed by atoms with Crippen LogP contribution in [0.15, 0.2) is 224 Å². The summed E-state index contributed by atoms with van der Waals surface area (Å²) in [4.78, 5) is 2.39. The van der Waals surface area contributed by atoms with Gasteiger partial charge in [-0.25, -0.2) is 0 Å². The summed E-state index contributed by atoms with van der Waals surface area (Å²) in [7, 11) is 0. The monoisotopic (exact) mass is 675 g/mol. The number of hydrogen-bond donors (Lipinski definition) is 0. The van der Waals surface area contributed by atoms with Crippen molar-refractivity contribution in [3.8, 4) is 55.6 Å². The Bertz CT molecular complexity index is 2580. The Kier molecular flexibility index (Phi) is 8.66. The van der Waals surface area contributed by atoms with Gasteiger partial charge in [-0.3, -0.25) is 0 Å². The SMILES string of the molecule is c1ccc(-c2ccc(N(c3cccc(-c4cccc(-c5cccc6ccccc56)c4)c3)c3cc(-c4ccccc4)cc(-c4ccccc4)c3)cc2)cc1. The van der Waals surface area contributed by atoms with Gasteiger partial charge in [0.2, 0.25) is 0 Å². The maximum Gasteiger partial charge on any atom is 0.0473 e. The van der Waals surface area contributed by atoms with Gasteiger partial charge in [0.25, 0.3) is 0 Å². The standard InChI is InChI=1S/C52H37N/c1-4-15-38(16-5-1)41-29-31-48(32-30-41)53(50-36-46(39-17-6-2-7-18-39)34-47(37-50)40-19-8-3-9-20-40)49-26-13-24-44(35-49)43-23-12-25-45(33-43)52-28-14-22-42-21-10-11-27-51(42)52/h1-37H. The van der Waals surface area contributed by atoms with Crippen LogP contribution < -0.4 is 4.90 Å². The van der Waals surface area contributed by atoms with Crippen molar-refractivity contribution in [3.05, 3.63) is 224 Å². The first-order valence-corrected chi connectivity index (χ1v) is 18.2. The average molecular weight is 676 g/mol. The fourth-order valence-corrected chi connectivity index (χ4v) is 7.38. The highest BCUT2D eigenvalue weighted by Crippen LogP contribution is 2.42. The normalized spacial score (nSPS) is 11.0.